The highest BCUT2D eigenvalue weighted by Crippen LogP contribution is 2.03. The average Bonchev–Trinajstić information content (AvgIpc) is 2.27. The quantitative estimate of drug-likeness (QED) is 0.660. The summed E-state index contributed by atoms with van der Waals surface area (Å²) in [5.74, 6) is -0.593. The van der Waals surface area contributed by atoms with Crippen LogP contribution in [-0.2, 0) is 14.4 Å². The Labute approximate surface area is 115 Å². The van der Waals surface area contributed by atoms with E-state index in [4.69, 9.17) is 0 Å². The van der Waals surface area contributed by atoms with Crippen LogP contribution in [0.25, 0.3) is 0 Å². The van der Waals surface area contributed by atoms with Crippen molar-refractivity contribution >= 4 is 17.7 Å². The largest absolute Gasteiger partial charge is 0.354 e. The molecule has 0 aliphatic heterocycles. The van der Waals surface area contributed by atoms with Gasteiger partial charge in [-0.05, 0) is 26.7 Å². The van der Waals surface area contributed by atoms with E-state index in [9.17, 15) is 14.4 Å². The molecule has 0 unspecified atom stereocenters. The van der Waals surface area contributed by atoms with Gasteiger partial charge in [-0.3, -0.25) is 19.7 Å². The first-order valence-electron chi connectivity index (χ1n) is 6.96. The maximum absolute atomic E-state index is 11.4. The van der Waals surface area contributed by atoms with Crippen molar-refractivity contribution in [1.82, 2.24) is 10.6 Å². The molecule has 5 heteroatoms. The molecule has 0 fully saturated rings. The van der Waals surface area contributed by atoms with Crippen LogP contribution < -0.4 is 10.6 Å². The van der Waals surface area contributed by atoms with Gasteiger partial charge in [-0.1, -0.05) is 20.3 Å². The molecule has 0 aliphatic rings. The van der Waals surface area contributed by atoms with Crippen LogP contribution in [0.5, 0.6) is 0 Å². The van der Waals surface area contributed by atoms with Crippen molar-refractivity contribution in [3.8, 4) is 0 Å². The van der Waals surface area contributed by atoms with E-state index in [0.29, 0.717) is 19.3 Å². The van der Waals surface area contributed by atoms with Crippen LogP contribution >= 0.6 is 0 Å². The molecule has 110 valence electrons. The Bertz CT molecular complexity index is 312. The molecule has 0 aromatic heterocycles. The van der Waals surface area contributed by atoms with E-state index in [1.54, 1.807) is 13.8 Å². The number of hydrogen-bond donors (Lipinski definition) is 2. The number of rotatable bonds is 8. The Morgan fingerprint density at radius 3 is 1.84 bits per heavy atom. The van der Waals surface area contributed by atoms with E-state index >= 15 is 0 Å². The summed E-state index contributed by atoms with van der Waals surface area (Å²) < 4.78 is 0. The Morgan fingerprint density at radius 2 is 1.37 bits per heavy atom. The number of unbranched alkanes of at least 4 members (excludes halogenated alkanes) is 2. The molecule has 0 heterocycles. The van der Waals surface area contributed by atoms with Crippen molar-refractivity contribution in [2.45, 2.75) is 65.8 Å². The molecule has 19 heavy (non-hydrogen) atoms. The minimum absolute atomic E-state index is 0.0504. The van der Waals surface area contributed by atoms with Crippen molar-refractivity contribution in [2.75, 3.05) is 0 Å². The first-order chi connectivity index (χ1) is 8.82. The van der Waals surface area contributed by atoms with Crippen LogP contribution in [0.2, 0.25) is 0 Å². The molecule has 3 amide bonds. The molecule has 0 bridgehead atoms. The van der Waals surface area contributed by atoms with E-state index in [1.165, 1.54) is 0 Å². The molecule has 0 spiro atoms. The van der Waals surface area contributed by atoms with Gasteiger partial charge in [0.05, 0.1) is 0 Å². The highest BCUT2D eigenvalue weighted by atomic mass is 16.2. The molecule has 0 saturated heterocycles. The highest BCUT2D eigenvalue weighted by Gasteiger charge is 2.10. The topological polar surface area (TPSA) is 75.3 Å². The lowest BCUT2D eigenvalue weighted by molar-refractivity contribution is -0.132. The summed E-state index contributed by atoms with van der Waals surface area (Å²) in [6, 6.07) is 0.167. The van der Waals surface area contributed by atoms with Crippen molar-refractivity contribution in [1.29, 1.82) is 0 Å². The van der Waals surface area contributed by atoms with Gasteiger partial charge in [0.25, 0.3) is 0 Å². The minimum Gasteiger partial charge on any atom is -0.354 e. The number of amides is 3. The van der Waals surface area contributed by atoms with Crippen LogP contribution in [0, 0.1) is 5.92 Å². The lowest BCUT2D eigenvalue weighted by atomic mass is 10.1. The zero-order valence-corrected chi connectivity index (χ0v) is 12.4. The van der Waals surface area contributed by atoms with E-state index in [-0.39, 0.29) is 29.7 Å². The van der Waals surface area contributed by atoms with Gasteiger partial charge in [-0.25, -0.2) is 0 Å². The first-order valence-corrected chi connectivity index (χ1v) is 6.96. The molecule has 5 nitrogen and oxygen atoms in total. The monoisotopic (exact) mass is 270 g/mol. The fraction of sp³-hybridized carbons (Fsp3) is 0.786. The van der Waals surface area contributed by atoms with Gasteiger partial charge >= 0.3 is 0 Å². The highest BCUT2D eigenvalue weighted by molar-refractivity contribution is 5.95. The van der Waals surface area contributed by atoms with Crippen molar-refractivity contribution in [3.63, 3.8) is 0 Å². The summed E-state index contributed by atoms with van der Waals surface area (Å²) >= 11 is 0. The summed E-state index contributed by atoms with van der Waals surface area (Å²) in [6.45, 7) is 7.34. The average molecular weight is 270 g/mol. The second-order valence-corrected chi connectivity index (χ2v) is 5.35. The van der Waals surface area contributed by atoms with Crippen LogP contribution in [-0.4, -0.2) is 23.8 Å². The number of carbonyl (C=O) groups is 3. The van der Waals surface area contributed by atoms with Crippen molar-refractivity contribution in [2.24, 2.45) is 5.92 Å². The van der Waals surface area contributed by atoms with Crippen LogP contribution in [0.15, 0.2) is 0 Å². The lowest BCUT2D eigenvalue weighted by Gasteiger charge is -2.08. The fourth-order valence-corrected chi connectivity index (χ4v) is 1.49. The molecule has 0 saturated carbocycles. The summed E-state index contributed by atoms with van der Waals surface area (Å²) in [6.07, 6.45) is 3.11. The Kier molecular flexibility index (Phi) is 8.83. The number of nitrogens with one attached hydrogen (secondary N) is 2. The molecule has 0 aliphatic carbocycles. The van der Waals surface area contributed by atoms with Gasteiger partial charge in [0.2, 0.25) is 17.7 Å². The van der Waals surface area contributed by atoms with Gasteiger partial charge in [0.15, 0.2) is 0 Å². The molecular weight excluding hydrogens is 244 g/mol. The molecule has 0 radical (unpaired) electrons. The normalized spacial score (nSPS) is 10.6. The molecule has 0 rings (SSSR count). The molecule has 0 aromatic rings. The predicted molar refractivity (Wildman–Crippen MR) is 74.4 cm³/mol. The van der Waals surface area contributed by atoms with Crippen molar-refractivity contribution in [3.05, 3.63) is 0 Å². The van der Waals surface area contributed by atoms with E-state index < -0.39 is 0 Å². The Balaban J connectivity index is 3.57. The summed E-state index contributed by atoms with van der Waals surface area (Å²) in [5.41, 5.74) is 0. The Morgan fingerprint density at radius 1 is 0.842 bits per heavy atom. The van der Waals surface area contributed by atoms with E-state index in [0.717, 1.165) is 12.8 Å². The molecule has 2 N–H and O–H groups in total. The summed E-state index contributed by atoms with van der Waals surface area (Å²) in [7, 11) is 0. The zero-order valence-electron chi connectivity index (χ0n) is 12.4. The SMILES string of the molecule is CC(C)NC(=O)CCCCCC(=O)NC(=O)C(C)C. The van der Waals surface area contributed by atoms with Crippen LogP contribution in [0.3, 0.4) is 0 Å². The minimum atomic E-state index is -0.235. The fourth-order valence-electron chi connectivity index (χ4n) is 1.49. The standard InChI is InChI=1S/C14H26N2O3/c1-10(2)14(19)16-13(18)9-7-5-6-8-12(17)15-11(3)4/h10-11H,5-9H2,1-4H3,(H,15,17)(H,16,18,19). The van der Waals surface area contributed by atoms with Gasteiger partial charge in [-0.15, -0.1) is 0 Å². The van der Waals surface area contributed by atoms with Crippen LogP contribution in [0.4, 0.5) is 0 Å². The maximum atomic E-state index is 11.4. The molecule has 0 aromatic carbocycles. The van der Waals surface area contributed by atoms with Gasteiger partial charge in [-0.2, -0.15) is 0 Å². The number of imide groups is 1. The third-order valence-corrected chi connectivity index (χ3v) is 2.54. The van der Waals surface area contributed by atoms with E-state index in [2.05, 4.69) is 10.6 Å². The van der Waals surface area contributed by atoms with Gasteiger partial charge in [0.1, 0.15) is 0 Å². The smallest absolute Gasteiger partial charge is 0.229 e. The second-order valence-electron chi connectivity index (χ2n) is 5.35. The third kappa shape index (κ3) is 10.2. The van der Waals surface area contributed by atoms with Gasteiger partial charge in [0, 0.05) is 24.8 Å². The molecule has 0 atom stereocenters. The summed E-state index contributed by atoms with van der Waals surface area (Å²) in [5, 5.41) is 5.17. The van der Waals surface area contributed by atoms with Gasteiger partial charge < -0.3 is 5.32 Å². The Hall–Kier alpha value is -1.39. The van der Waals surface area contributed by atoms with Crippen LogP contribution in [0.1, 0.15) is 59.8 Å². The summed E-state index contributed by atoms with van der Waals surface area (Å²) in [4.78, 5) is 34.0. The number of hydrogen-bond acceptors (Lipinski definition) is 3. The predicted octanol–water partition coefficient (Wildman–Crippen LogP) is 1.76. The maximum Gasteiger partial charge on any atom is 0.229 e. The first kappa shape index (κ1) is 17.6. The van der Waals surface area contributed by atoms with Crippen molar-refractivity contribution < 1.29 is 14.4 Å². The van der Waals surface area contributed by atoms with E-state index in [1.807, 2.05) is 13.8 Å². The lowest BCUT2D eigenvalue weighted by Crippen LogP contribution is -2.33. The number of carbonyl (C=O) groups excluding carboxylic acids is 3. The third-order valence-electron chi connectivity index (χ3n) is 2.54. The second kappa shape index (κ2) is 9.53. The zero-order chi connectivity index (χ0) is 14.8. The molecular formula is C14H26N2O3.